The van der Waals surface area contributed by atoms with Crippen LogP contribution in [0.1, 0.15) is 0 Å². The number of nitro benzene ring substituents is 1. The van der Waals surface area contributed by atoms with Gasteiger partial charge in [-0.3, -0.25) is 15.2 Å². The minimum absolute atomic E-state index is 0. The average molecular weight is 302 g/mol. The standard InChI is InChI=1S/C7H6N4O3.Ag/c1-14-7-3-5-4(8-10-9-5)2-6(7)11(12)13;/h2-3H,1H3,(H,8,9,10);/q;+1. The van der Waals surface area contributed by atoms with E-state index in [1.54, 1.807) is 0 Å². The van der Waals surface area contributed by atoms with Gasteiger partial charge >= 0.3 is 28.1 Å². The monoisotopic (exact) mass is 301 g/mol. The number of nitrogens with zero attached hydrogens (tertiary/aromatic N) is 3. The number of nitro groups is 1. The largest absolute Gasteiger partial charge is 1.00 e. The van der Waals surface area contributed by atoms with E-state index in [9.17, 15) is 10.1 Å². The van der Waals surface area contributed by atoms with Crippen molar-refractivity contribution in [1.29, 1.82) is 0 Å². The van der Waals surface area contributed by atoms with Crippen LogP contribution < -0.4 is 4.74 Å². The number of benzene rings is 1. The van der Waals surface area contributed by atoms with Crippen LogP contribution in [-0.2, 0) is 22.4 Å². The molecular formula is C7H6AgN4O3+. The minimum atomic E-state index is -0.521. The van der Waals surface area contributed by atoms with Crippen molar-refractivity contribution in [3.05, 3.63) is 22.2 Å². The van der Waals surface area contributed by atoms with E-state index in [1.165, 1.54) is 19.2 Å². The first-order valence-electron chi connectivity index (χ1n) is 3.75. The van der Waals surface area contributed by atoms with Crippen LogP contribution >= 0.6 is 0 Å². The maximum Gasteiger partial charge on any atom is 1.00 e. The zero-order valence-corrected chi connectivity index (χ0v) is 9.00. The summed E-state index contributed by atoms with van der Waals surface area (Å²) in [5.74, 6) is 0.188. The summed E-state index contributed by atoms with van der Waals surface area (Å²) in [4.78, 5) is 10.1. The van der Waals surface area contributed by atoms with Crippen molar-refractivity contribution in [3.63, 3.8) is 0 Å². The van der Waals surface area contributed by atoms with Crippen molar-refractivity contribution >= 4 is 16.7 Å². The molecule has 7 nitrogen and oxygen atoms in total. The third-order valence-electron chi connectivity index (χ3n) is 1.82. The molecule has 1 aromatic carbocycles. The fourth-order valence-electron chi connectivity index (χ4n) is 1.17. The van der Waals surface area contributed by atoms with Crippen LogP contribution in [0, 0.1) is 10.1 Å². The molecule has 0 aliphatic heterocycles. The number of aromatic nitrogens is 3. The van der Waals surface area contributed by atoms with Crippen LogP contribution in [-0.4, -0.2) is 27.4 Å². The molecule has 0 saturated carbocycles. The van der Waals surface area contributed by atoms with Gasteiger partial charge in [-0.2, -0.15) is 0 Å². The zero-order chi connectivity index (χ0) is 10.1. The first-order chi connectivity index (χ1) is 6.72. The summed E-state index contributed by atoms with van der Waals surface area (Å²) in [5.41, 5.74) is 0.929. The second-order valence-corrected chi connectivity index (χ2v) is 2.61. The Morgan fingerprint density at radius 1 is 1.53 bits per heavy atom. The van der Waals surface area contributed by atoms with Crippen molar-refractivity contribution in [2.75, 3.05) is 7.11 Å². The van der Waals surface area contributed by atoms with Gasteiger partial charge in [-0.05, 0) is 0 Å². The maximum absolute atomic E-state index is 10.6. The molecule has 0 aliphatic carbocycles. The van der Waals surface area contributed by atoms with E-state index in [0.717, 1.165) is 0 Å². The Hall–Kier alpha value is -1.44. The third-order valence-corrected chi connectivity index (χ3v) is 1.82. The topological polar surface area (TPSA) is 93.9 Å². The van der Waals surface area contributed by atoms with Crippen LogP contribution in [0.4, 0.5) is 5.69 Å². The average Bonchev–Trinajstić information content (AvgIpc) is 2.62. The number of H-pyrrole nitrogens is 1. The second-order valence-electron chi connectivity index (χ2n) is 2.61. The molecule has 1 heterocycles. The Morgan fingerprint density at radius 3 is 2.87 bits per heavy atom. The number of methoxy groups -OCH3 is 1. The van der Waals surface area contributed by atoms with Gasteiger partial charge in [0, 0.05) is 12.1 Å². The van der Waals surface area contributed by atoms with Crippen LogP contribution in [0.3, 0.4) is 0 Å². The molecule has 0 bridgehead atoms. The molecular weight excluding hydrogens is 296 g/mol. The summed E-state index contributed by atoms with van der Waals surface area (Å²) >= 11 is 0. The summed E-state index contributed by atoms with van der Waals surface area (Å²) in [6.45, 7) is 0. The molecule has 0 saturated heterocycles. The van der Waals surface area contributed by atoms with Crippen LogP contribution in [0.25, 0.3) is 11.0 Å². The molecule has 0 spiro atoms. The molecule has 0 amide bonds. The van der Waals surface area contributed by atoms with Gasteiger partial charge in [-0.15, -0.1) is 5.10 Å². The molecule has 1 N–H and O–H groups in total. The van der Waals surface area contributed by atoms with Crippen molar-refractivity contribution in [3.8, 4) is 5.75 Å². The number of fused-ring (bicyclic) bond motifs is 1. The molecule has 0 fully saturated rings. The van der Waals surface area contributed by atoms with Gasteiger partial charge in [-0.1, -0.05) is 5.21 Å². The van der Waals surface area contributed by atoms with Gasteiger partial charge < -0.3 is 4.74 Å². The molecule has 15 heavy (non-hydrogen) atoms. The molecule has 0 aliphatic rings. The Morgan fingerprint density at radius 2 is 2.27 bits per heavy atom. The van der Waals surface area contributed by atoms with Gasteiger partial charge in [0.15, 0.2) is 5.75 Å². The summed E-state index contributed by atoms with van der Waals surface area (Å²) in [5, 5.41) is 20.4. The molecule has 8 heteroatoms. The number of rotatable bonds is 2. The fourth-order valence-corrected chi connectivity index (χ4v) is 1.17. The van der Waals surface area contributed by atoms with Crippen LogP contribution in [0.15, 0.2) is 12.1 Å². The number of ether oxygens (including phenoxy) is 1. The van der Waals surface area contributed by atoms with E-state index >= 15 is 0 Å². The van der Waals surface area contributed by atoms with Crippen LogP contribution in [0.2, 0.25) is 0 Å². The molecule has 0 radical (unpaired) electrons. The van der Waals surface area contributed by atoms with Crippen molar-refractivity contribution in [1.82, 2.24) is 15.4 Å². The Balaban J connectivity index is 0.00000112. The van der Waals surface area contributed by atoms with E-state index in [0.29, 0.717) is 11.0 Å². The molecule has 0 unspecified atom stereocenters. The molecule has 0 atom stereocenters. The van der Waals surface area contributed by atoms with Crippen molar-refractivity contribution < 1.29 is 32.0 Å². The van der Waals surface area contributed by atoms with Gasteiger partial charge in [0.25, 0.3) is 0 Å². The third kappa shape index (κ3) is 1.99. The van der Waals surface area contributed by atoms with Crippen molar-refractivity contribution in [2.45, 2.75) is 0 Å². The second kappa shape index (κ2) is 4.39. The van der Waals surface area contributed by atoms with E-state index in [1.807, 2.05) is 0 Å². The smallest absolute Gasteiger partial charge is 0.490 e. The van der Waals surface area contributed by atoms with Gasteiger partial charge in [0.2, 0.25) is 0 Å². The summed E-state index contributed by atoms with van der Waals surface area (Å²) in [7, 11) is 1.37. The predicted molar refractivity (Wildman–Crippen MR) is 47.1 cm³/mol. The van der Waals surface area contributed by atoms with Gasteiger partial charge in [-0.25, -0.2) is 0 Å². The molecule has 2 rings (SSSR count). The fraction of sp³-hybridized carbons (Fsp3) is 0.143. The van der Waals surface area contributed by atoms with Crippen molar-refractivity contribution in [2.24, 2.45) is 0 Å². The maximum atomic E-state index is 10.6. The molecule has 2 aromatic rings. The van der Waals surface area contributed by atoms with Gasteiger partial charge in [0.1, 0.15) is 5.52 Å². The zero-order valence-electron chi connectivity index (χ0n) is 7.52. The van der Waals surface area contributed by atoms with Crippen LogP contribution in [0.5, 0.6) is 5.75 Å². The minimum Gasteiger partial charge on any atom is -0.490 e. The summed E-state index contributed by atoms with van der Waals surface area (Å²) in [6, 6.07) is 2.81. The molecule has 1 aromatic heterocycles. The van der Waals surface area contributed by atoms with Gasteiger partial charge in [0.05, 0.1) is 17.5 Å². The number of nitrogens with one attached hydrogen (secondary N) is 1. The number of hydrogen-bond acceptors (Lipinski definition) is 5. The number of hydrogen-bond donors (Lipinski definition) is 1. The Bertz CT molecular complexity index is 498. The summed E-state index contributed by atoms with van der Waals surface area (Å²) in [6.07, 6.45) is 0. The van der Waals surface area contributed by atoms with E-state index in [4.69, 9.17) is 4.74 Å². The Kier molecular flexibility index (Phi) is 3.40. The van der Waals surface area contributed by atoms with E-state index in [2.05, 4.69) is 15.4 Å². The quantitative estimate of drug-likeness (QED) is 0.505. The Labute approximate surface area is 99.5 Å². The van der Waals surface area contributed by atoms with E-state index < -0.39 is 4.92 Å². The summed E-state index contributed by atoms with van der Waals surface area (Å²) < 4.78 is 4.87. The van der Waals surface area contributed by atoms with E-state index in [-0.39, 0.29) is 33.8 Å². The normalized spacial score (nSPS) is 9.67. The first kappa shape index (κ1) is 11.6. The predicted octanol–water partition coefficient (Wildman–Crippen LogP) is 0.872. The molecule has 82 valence electrons. The SMILES string of the molecule is COc1cc2[nH]nnc2cc1[N+](=O)[O-].[Ag+]. The first-order valence-corrected chi connectivity index (χ1v) is 3.75. The number of aromatic amines is 1.